The Labute approximate surface area is 87.7 Å². The molecule has 1 aromatic rings. The van der Waals surface area contributed by atoms with Crippen LogP contribution in [0.5, 0.6) is 0 Å². The molecule has 0 radical (unpaired) electrons. The van der Waals surface area contributed by atoms with E-state index in [2.05, 4.69) is 5.32 Å². The molecule has 1 N–H and O–H groups in total. The van der Waals surface area contributed by atoms with Crippen LogP contribution in [0.1, 0.15) is 18.0 Å². The molecule has 1 nitrogen and oxygen atoms in total. The van der Waals surface area contributed by atoms with Crippen molar-refractivity contribution in [1.29, 1.82) is 0 Å². The van der Waals surface area contributed by atoms with E-state index >= 15 is 0 Å². The molecule has 0 spiro atoms. The molecule has 0 unspecified atom stereocenters. The van der Waals surface area contributed by atoms with E-state index in [1.165, 1.54) is 12.1 Å². The van der Waals surface area contributed by atoms with Crippen LogP contribution >= 0.6 is 24.0 Å². The van der Waals surface area contributed by atoms with Gasteiger partial charge in [-0.2, -0.15) is 0 Å². The summed E-state index contributed by atoms with van der Waals surface area (Å²) in [4.78, 5) is 0. The third kappa shape index (κ3) is 2.33. The van der Waals surface area contributed by atoms with Crippen molar-refractivity contribution in [2.24, 2.45) is 0 Å². The first-order valence-corrected chi connectivity index (χ1v) is 4.33. The maximum atomic E-state index is 12.8. The molecule has 72 valence electrons. The van der Waals surface area contributed by atoms with Crippen molar-refractivity contribution in [1.82, 2.24) is 5.32 Å². The molecular weight excluding hydrogens is 212 g/mol. The van der Waals surface area contributed by atoms with Gasteiger partial charge in [0.05, 0.1) is 0 Å². The van der Waals surface area contributed by atoms with Gasteiger partial charge in [-0.1, -0.05) is 11.6 Å². The Kier molecular flexibility index (Phi) is 3.54. The molecule has 1 aliphatic heterocycles. The molecule has 2 rings (SSSR count). The molecule has 1 atom stereocenters. The molecule has 0 bridgehead atoms. The molecular formula is C9H10Cl2FN. The number of hydrogen-bond acceptors (Lipinski definition) is 1. The van der Waals surface area contributed by atoms with Gasteiger partial charge in [0.2, 0.25) is 0 Å². The predicted molar refractivity (Wildman–Crippen MR) is 54.0 cm³/mol. The predicted octanol–water partition coefficient (Wildman–Crippen LogP) is 2.94. The summed E-state index contributed by atoms with van der Waals surface area (Å²) in [7, 11) is 0. The minimum Gasteiger partial charge on any atom is -0.310 e. The lowest BCUT2D eigenvalue weighted by molar-refractivity contribution is 0.382. The fraction of sp³-hybridized carbons (Fsp3) is 0.333. The zero-order valence-corrected chi connectivity index (χ0v) is 8.46. The summed E-state index contributed by atoms with van der Waals surface area (Å²) in [6, 6.07) is 4.96. The molecule has 1 fully saturated rings. The van der Waals surface area contributed by atoms with Gasteiger partial charge in [0.25, 0.3) is 0 Å². The summed E-state index contributed by atoms with van der Waals surface area (Å²) < 4.78 is 12.8. The lowest BCUT2D eigenvalue weighted by Crippen LogP contribution is -2.34. The largest absolute Gasteiger partial charge is 0.310 e. The SMILES string of the molecule is Cl.Fc1cc(Cl)cc([C@H]2CCN2)c1. The van der Waals surface area contributed by atoms with Gasteiger partial charge in [0.15, 0.2) is 0 Å². The Hall–Kier alpha value is -0.310. The van der Waals surface area contributed by atoms with Crippen LogP contribution in [0.4, 0.5) is 4.39 Å². The second-order valence-electron chi connectivity index (χ2n) is 3.00. The van der Waals surface area contributed by atoms with Gasteiger partial charge in [-0.25, -0.2) is 4.39 Å². The van der Waals surface area contributed by atoms with Gasteiger partial charge in [-0.05, 0) is 36.7 Å². The molecule has 0 aliphatic carbocycles. The van der Waals surface area contributed by atoms with E-state index in [1.807, 2.05) is 6.07 Å². The number of halogens is 3. The minimum atomic E-state index is -0.258. The third-order valence-electron chi connectivity index (χ3n) is 2.11. The smallest absolute Gasteiger partial charge is 0.125 e. The van der Waals surface area contributed by atoms with Crippen molar-refractivity contribution >= 4 is 24.0 Å². The molecule has 1 aromatic carbocycles. The Bertz CT molecular complexity index is 279. The highest BCUT2D eigenvalue weighted by Crippen LogP contribution is 2.25. The zero-order chi connectivity index (χ0) is 8.55. The molecule has 4 heteroatoms. The normalized spacial score (nSPS) is 20.3. The fourth-order valence-corrected chi connectivity index (χ4v) is 1.58. The Morgan fingerprint density at radius 3 is 2.54 bits per heavy atom. The average Bonchev–Trinajstić information content (AvgIpc) is 1.79. The summed E-state index contributed by atoms with van der Waals surface area (Å²) in [6.07, 6.45) is 1.07. The van der Waals surface area contributed by atoms with E-state index in [9.17, 15) is 4.39 Å². The van der Waals surface area contributed by atoms with Gasteiger partial charge < -0.3 is 5.32 Å². The molecule has 0 aromatic heterocycles. The molecule has 1 aliphatic rings. The van der Waals surface area contributed by atoms with Crippen LogP contribution in [-0.2, 0) is 0 Å². The van der Waals surface area contributed by atoms with Gasteiger partial charge in [0.1, 0.15) is 5.82 Å². The Morgan fingerprint density at radius 2 is 2.08 bits per heavy atom. The van der Waals surface area contributed by atoms with Crippen molar-refractivity contribution in [2.45, 2.75) is 12.5 Å². The molecule has 0 amide bonds. The first-order valence-electron chi connectivity index (χ1n) is 3.95. The zero-order valence-electron chi connectivity index (χ0n) is 6.89. The minimum absolute atomic E-state index is 0. The number of rotatable bonds is 1. The lowest BCUT2D eigenvalue weighted by Gasteiger charge is -2.28. The van der Waals surface area contributed by atoms with Gasteiger partial charge in [-0.15, -0.1) is 12.4 Å². The summed E-state index contributed by atoms with van der Waals surface area (Å²) in [6.45, 7) is 1.01. The first kappa shape index (κ1) is 10.8. The van der Waals surface area contributed by atoms with Crippen molar-refractivity contribution < 1.29 is 4.39 Å². The second kappa shape index (κ2) is 4.27. The maximum absolute atomic E-state index is 12.8. The van der Waals surface area contributed by atoms with Crippen LogP contribution < -0.4 is 5.32 Å². The van der Waals surface area contributed by atoms with Gasteiger partial charge in [-0.3, -0.25) is 0 Å². The fourth-order valence-electron chi connectivity index (χ4n) is 1.35. The van der Waals surface area contributed by atoms with Crippen molar-refractivity contribution in [2.75, 3.05) is 6.54 Å². The highest BCUT2D eigenvalue weighted by atomic mass is 35.5. The first-order chi connectivity index (χ1) is 5.75. The average molecular weight is 222 g/mol. The number of hydrogen-bond donors (Lipinski definition) is 1. The van der Waals surface area contributed by atoms with Crippen LogP contribution in [0.3, 0.4) is 0 Å². The highest BCUT2D eigenvalue weighted by molar-refractivity contribution is 6.30. The van der Waals surface area contributed by atoms with Crippen LogP contribution in [0.25, 0.3) is 0 Å². The molecule has 1 heterocycles. The topological polar surface area (TPSA) is 12.0 Å². The van der Waals surface area contributed by atoms with Crippen LogP contribution in [0.15, 0.2) is 18.2 Å². The van der Waals surface area contributed by atoms with Crippen LogP contribution in [0.2, 0.25) is 5.02 Å². The summed E-state index contributed by atoms with van der Waals surface area (Å²) >= 11 is 5.71. The third-order valence-corrected chi connectivity index (χ3v) is 2.33. The molecule has 0 saturated carbocycles. The highest BCUT2D eigenvalue weighted by Gasteiger charge is 2.18. The standard InChI is InChI=1S/C9H9ClFN.ClH/c10-7-3-6(4-8(11)5-7)9-1-2-12-9;/h3-5,9,12H,1-2H2;1H/t9-;/m1./s1. The van der Waals surface area contributed by atoms with E-state index in [1.54, 1.807) is 0 Å². The summed E-state index contributed by atoms with van der Waals surface area (Å²) in [5, 5.41) is 3.66. The molecule has 1 saturated heterocycles. The van der Waals surface area contributed by atoms with E-state index in [0.717, 1.165) is 18.5 Å². The summed E-state index contributed by atoms with van der Waals surface area (Å²) in [5.74, 6) is -0.258. The number of benzene rings is 1. The van der Waals surface area contributed by atoms with E-state index < -0.39 is 0 Å². The van der Waals surface area contributed by atoms with Gasteiger partial charge in [0, 0.05) is 11.1 Å². The van der Waals surface area contributed by atoms with E-state index in [-0.39, 0.29) is 18.2 Å². The van der Waals surface area contributed by atoms with Crippen LogP contribution in [-0.4, -0.2) is 6.54 Å². The monoisotopic (exact) mass is 221 g/mol. The van der Waals surface area contributed by atoms with Crippen molar-refractivity contribution in [3.05, 3.63) is 34.6 Å². The number of nitrogens with one attached hydrogen (secondary N) is 1. The van der Waals surface area contributed by atoms with Gasteiger partial charge >= 0.3 is 0 Å². The quantitative estimate of drug-likeness (QED) is 0.770. The summed E-state index contributed by atoms with van der Waals surface area (Å²) in [5.41, 5.74) is 0.950. The van der Waals surface area contributed by atoms with E-state index in [4.69, 9.17) is 11.6 Å². The maximum Gasteiger partial charge on any atom is 0.125 e. The van der Waals surface area contributed by atoms with Crippen LogP contribution in [0, 0.1) is 5.82 Å². The van der Waals surface area contributed by atoms with E-state index in [0.29, 0.717) is 11.1 Å². The second-order valence-corrected chi connectivity index (χ2v) is 3.43. The molecule has 13 heavy (non-hydrogen) atoms. The Morgan fingerprint density at radius 1 is 1.38 bits per heavy atom. The lowest BCUT2D eigenvalue weighted by atomic mass is 9.98. The Balaban J connectivity index is 0.000000845. The van der Waals surface area contributed by atoms with Crippen molar-refractivity contribution in [3.63, 3.8) is 0 Å². The van der Waals surface area contributed by atoms with Crippen molar-refractivity contribution in [3.8, 4) is 0 Å².